The number of benzene rings is 1. The number of hydrogen-bond donors (Lipinski definition) is 2. The Morgan fingerprint density at radius 3 is 2.29 bits per heavy atom. The largest absolute Gasteiger partial charge is 0.382 e. The molecule has 0 spiro atoms. The molecule has 0 unspecified atom stereocenters. The number of hydrogen-bond acceptors (Lipinski definition) is 4. The molecule has 0 radical (unpaired) electrons. The third-order valence-electron chi connectivity index (χ3n) is 3.49. The zero-order valence-corrected chi connectivity index (χ0v) is 14.6. The second kappa shape index (κ2) is 6.77. The zero-order chi connectivity index (χ0) is 16.3. The highest BCUT2D eigenvalue weighted by molar-refractivity contribution is 7.89. The van der Waals surface area contributed by atoms with Gasteiger partial charge in [0.05, 0.1) is 5.69 Å². The number of sulfonamides is 1. The Bertz CT molecular complexity index is 566. The second-order valence-electron chi connectivity index (χ2n) is 6.33. The van der Waals surface area contributed by atoms with Gasteiger partial charge in [-0.05, 0) is 53.9 Å². The molecule has 0 atom stereocenters. The lowest BCUT2D eigenvalue weighted by atomic mass is 10.0. The summed E-state index contributed by atoms with van der Waals surface area (Å²) in [6, 6.07) is 6.84. The number of anilines is 1. The van der Waals surface area contributed by atoms with E-state index in [4.69, 9.17) is 0 Å². The summed E-state index contributed by atoms with van der Waals surface area (Å²) in [6.45, 7) is 8.46. The molecule has 0 fully saturated rings. The average Bonchev–Trinajstić information content (AvgIpc) is 2.35. The maximum absolute atomic E-state index is 12.4. The summed E-state index contributed by atoms with van der Waals surface area (Å²) in [6.07, 6.45) is 0. The summed E-state index contributed by atoms with van der Waals surface area (Å²) in [5.74, 6) is 0. The second-order valence-corrected chi connectivity index (χ2v) is 8.01. The summed E-state index contributed by atoms with van der Waals surface area (Å²) in [5, 5.41) is 3.25. The van der Waals surface area contributed by atoms with Crippen LogP contribution in [0.1, 0.15) is 27.7 Å². The van der Waals surface area contributed by atoms with Crippen molar-refractivity contribution in [3.63, 3.8) is 0 Å². The van der Waals surface area contributed by atoms with Gasteiger partial charge < -0.3 is 10.2 Å². The van der Waals surface area contributed by atoms with Gasteiger partial charge in [0.25, 0.3) is 0 Å². The van der Waals surface area contributed by atoms with Crippen LogP contribution in [0.4, 0.5) is 5.69 Å². The van der Waals surface area contributed by atoms with Crippen LogP contribution in [-0.2, 0) is 10.0 Å². The highest BCUT2D eigenvalue weighted by atomic mass is 32.2. The number of para-hydroxylation sites is 1. The number of rotatable bonds is 7. The molecule has 0 aromatic heterocycles. The van der Waals surface area contributed by atoms with E-state index >= 15 is 0 Å². The fourth-order valence-corrected chi connectivity index (χ4v) is 3.13. The molecule has 6 heteroatoms. The molecular weight excluding hydrogens is 286 g/mol. The fourth-order valence-electron chi connectivity index (χ4n) is 1.69. The molecule has 0 aliphatic heterocycles. The van der Waals surface area contributed by atoms with E-state index in [1.807, 2.05) is 34.0 Å². The molecule has 1 aromatic rings. The van der Waals surface area contributed by atoms with Gasteiger partial charge in [-0.25, -0.2) is 13.1 Å². The molecule has 0 heterocycles. The van der Waals surface area contributed by atoms with Crippen LogP contribution in [0.15, 0.2) is 29.2 Å². The van der Waals surface area contributed by atoms with Gasteiger partial charge in [-0.15, -0.1) is 0 Å². The van der Waals surface area contributed by atoms with Crippen molar-refractivity contribution in [3.05, 3.63) is 24.3 Å². The van der Waals surface area contributed by atoms with Crippen molar-refractivity contribution in [2.45, 2.75) is 44.2 Å². The van der Waals surface area contributed by atoms with Crippen molar-refractivity contribution in [1.82, 2.24) is 9.62 Å². The number of likely N-dealkylation sites (N-methyl/N-ethyl adjacent to an activating group) is 1. The smallest absolute Gasteiger partial charge is 0.242 e. The van der Waals surface area contributed by atoms with Crippen LogP contribution in [0.25, 0.3) is 0 Å². The van der Waals surface area contributed by atoms with Crippen molar-refractivity contribution in [3.8, 4) is 0 Å². The first-order valence-electron chi connectivity index (χ1n) is 7.09. The van der Waals surface area contributed by atoms with Crippen molar-refractivity contribution < 1.29 is 8.42 Å². The Labute approximate surface area is 128 Å². The van der Waals surface area contributed by atoms with E-state index in [0.29, 0.717) is 12.2 Å². The molecule has 21 heavy (non-hydrogen) atoms. The number of nitrogens with zero attached hydrogens (tertiary/aromatic N) is 1. The molecule has 0 amide bonds. The van der Waals surface area contributed by atoms with E-state index in [1.165, 1.54) is 0 Å². The average molecular weight is 313 g/mol. The predicted molar refractivity (Wildman–Crippen MR) is 88.2 cm³/mol. The van der Waals surface area contributed by atoms with E-state index in [1.54, 1.807) is 18.2 Å². The molecule has 0 saturated carbocycles. The van der Waals surface area contributed by atoms with Gasteiger partial charge in [-0.1, -0.05) is 12.1 Å². The van der Waals surface area contributed by atoms with Crippen molar-refractivity contribution in [1.29, 1.82) is 0 Å². The van der Waals surface area contributed by atoms with Gasteiger partial charge in [-0.2, -0.15) is 0 Å². The summed E-state index contributed by atoms with van der Waals surface area (Å²) < 4.78 is 27.3. The summed E-state index contributed by atoms with van der Waals surface area (Å²) in [4.78, 5) is 2.39. The van der Waals surface area contributed by atoms with Crippen molar-refractivity contribution in [2.75, 3.05) is 26.0 Å². The van der Waals surface area contributed by atoms with Crippen molar-refractivity contribution in [2.24, 2.45) is 0 Å². The minimum atomic E-state index is -3.50. The quantitative estimate of drug-likeness (QED) is 0.809. The standard InChI is InChI=1S/C15H27N3O2S/c1-12(2)17-21(19,20)14-10-8-7-9-13(14)16-11-15(3,4)18(5)6/h7-10,12,16-17H,11H2,1-6H3. The Hall–Kier alpha value is -1.11. The molecule has 0 saturated heterocycles. The molecule has 0 bridgehead atoms. The van der Waals surface area contributed by atoms with Gasteiger partial charge in [0.15, 0.2) is 0 Å². The normalized spacial score (nSPS) is 13.0. The summed E-state index contributed by atoms with van der Waals surface area (Å²) in [5.41, 5.74) is 0.545. The number of nitrogens with one attached hydrogen (secondary N) is 2. The molecule has 120 valence electrons. The van der Waals surface area contributed by atoms with Crippen LogP contribution >= 0.6 is 0 Å². The Kier molecular flexibility index (Phi) is 5.78. The lowest BCUT2D eigenvalue weighted by Crippen LogP contribution is -2.44. The first-order chi connectivity index (χ1) is 9.56. The Balaban J connectivity index is 3.01. The van der Waals surface area contributed by atoms with E-state index < -0.39 is 10.0 Å². The van der Waals surface area contributed by atoms with Crippen molar-refractivity contribution >= 4 is 15.7 Å². The lowest BCUT2D eigenvalue weighted by Gasteiger charge is -2.33. The third kappa shape index (κ3) is 4.98. The van der Waals surface area contributed by atoms with Crippen LogP contribution in [-0.4, -0.2) is 45.5 Å². The predicted octanol–water partition coefficient (Wildman–Crippen LogP) is 2.13. The SMILES string of the molecule is CC(C)NS(=O)(=O)c1ccccc1NCC(C)(C)N(C)C. The van der Waals surface area contributed by atoms with Crippen LogP contribution in [0, 0.1) is 0 Å². The topological polar surface area (TPSA) is 61.4 Å². The monoisotopic (exact) mass is 313 g/mol. The molecule has 2 N–H and O–H groups in total. The molecular formula is C15H27N3O2S. The van der Waals surface area contributed by atoms with Gasteiger partial charge in [-0.3, -0.25) is 0 Å². The third-order valence-corrected chi connectivity index (χ3v) is 5.21. The highest BCUT2D eigenvalue weighted by Gasteiger charge is 2.23. The minimum Gasteiger partial charge on any atom is -0.382 e. The molecule has 0 aliphatic rings. The first kappa shape index (κ1) is 17.9. The van der Waals surface area contributed by atoms with E-state index in [9.17, 15) is 8.42 Å². The van der Waals surface area contributed by atoms with Gasteiger partial charge in [0, 0.05) is 18.1 Å². The molecule has 5 nitrogen and oxygen atoms in total. The zero-order valence-electron chi connectivity index (χ0n) is 13.8. The minimum absolute atomic E-state index is 0.0810. The van der Waals surface area contributed by atoms with Crippen LogP contribution < -0.4 is 10.0 Å². The fraction of sp³-hybridized carbons (Fsp3) is 0.600. The van der Waals surface area contributed by atoms with Crippen LogP contribution in [0.5, 0.6) is 0 Å². The van der Waals surface area contributed by atoms with E-state index in [0.717, 1.165) is 0 Å². The van der Waals surface area contributed by atoms with Crippen LogP contribution in [0.3, 0.4) is 0 Å². The maximum Gasteiger partial charge on any atom is 0.242 e. The highest BCUT2D eigenvalue weighted by Crippen LogP contribution is 2.22. The summed E-state index contributed by atoms with van der Waals surface area (Å²) >= 11 is 0. The summed E-state index contributed by atoms with van der Waals surface area (Å²) in [7, 11) is 0.505. The van der Waals surface area contributed by atoms with Crippen LogP contribution in [0.2, 0.25) is 0 Å². The molecule has 0 aliphatic carbocycles. The molecule has 1 aromatic carbocycles. The Morgan fingerprint density at radius 1 is 1.19 bits per heavy atom. The molecule has 1 rings (SSSR count). The van der Waals surface area contributed by atoms with Gasteiger partial charge >= 0.3 is 0 Å². The Morgan fingerprint density at radius 2 is 1.76 bits per heavy atom. The van der Waals surface area contributed by atoms with E-state index in [-0.39, 0.29) is 16.5 Å². The maximum atomic E-state index is 12.4. The van der Waals surface area contributed by atoms with E-state index in [2.05, 4.69) is 28.8 Å². The lowest BCUT2D eigenvalue weighted by molar-refractivity contribution is 0.210. The van der Waals surface area contributed by atoms with Gasteiger partial charge in [0.1, 0.15) is 4.90 Å². The van der Waals surface area contributed by atoms with Gasteiger partial charge in [0.2, 0.25) is 10.0 Å². The first-order valence-corrected chi connectivity index (χ1v) is 8.57.